The molecule has 2 unspecified atom stereocenters. The zero-order chi connectivity index (χ0) is 15.3. The van der Waals surface area contributed by atoms with E-state index in [9.17, 15) is 0 Å². The Morgan fingerprint density at radius 1 is 1.19 bits per heavy atom. The van der Waals surface area contributed by atoms with Gasteiger partial charge in [-0.1, -0.05) is 64.4 Å². The first-order chi connectivity index (χ1) is 10.1. The SMILES string of the molecule is CCC(C)CN1CC(c2ccccc2)NCC1(CC)CC. The van der Waals surface area contributed by atoms with Crippen molar-refractivity contribution in [3.63, 3.8) is 0 Å². The topological polar surface area (TPSA) is 15.3 Å². The molecular formula is C19H32N2. The third-order valence-electron chi connectivity index (χ3n) is 5.50. The average Bonchev–Trinajstić information content (AvgIpc) is 2.55. The summed E-state index contributed by atoms with van der Waals surface area (Å²) in [6, 6.07) is 11.4. The van der Waals surface area contributed by atoms with E-state index in [-0.39, 0.29) is 0 Å². The van der Waals surface area contributed by atoms with Crippen LogP contribution in [-0.2, 0) is 0 Å². The van der Waals surface area contributed by atoms with Gasteiger partial charge in [0.25, 0.3) is 0 Å². The van der Waals surface area contributed by atoms with E-state index in [4.69, 9.17) is 0 Å². The molecule has 0 bridgehead atoms. The van der Waals surface area contributed by atoms with E-state index in [1.807, 2.05) is 0 Å². The van der Waals surface area contributed by atoms with Crippen LogP contribution in [0.2, 0.25) is 0 Å². The van der Waals surface area contributed by atoms with Gasteiger partial charge in [-0.25, -0.2) is 0 Å². The normalized spacial score (nSPS) is 23.9. The maximum atomic E-state index is 3.81. The minimum absolute atomic E-state index is 0.342. The van der Waals surface area contributed by atoms with Crippen LogP contribution in [0.25, 0.3) is 0 Å². The minimum Gasteiger partial charge on any atom is -0.307 e. The molecule has 118 valence electrons. The second kappa shape index (κ2) is 7.42. The molecule has 1 aliphatic heterocycles. The number of benzene rings is 1. The van der Waals surface area contributed by atoms with E-state index in [0.29, 0.717) is 11.6 Å². The Morgan fingerprint density at radius 2 is 1.86 bits per heavy atom. The zero-order valence-electron chi connectivity index (χ0n) is 14.2. The van der Waals surface area contributed by atoms with Crippen molar-refractivity contribution in [1.82, 2.24) is 10.2 Å². The Hall–Kier alpha value is -0.860. The van der Waals surface area contributed by atoms with Gasteiger partial charge in [0.2, 0.25) is 0 Å². The summed E-state index contributed by atoms with van der Waals surface area (Å²) < 4.78 is 0. The summed E-state index contributed by atoms with van der Waals surface area (Å²) in [4.78, 5) is 2.77. The number of nitrogens with one attached hydrogen (secondary N) is 1. The lowest BCUT2D eigenvalue weighted by Crippen LogP contribution is -2.62. The van der Waals surface area contributed by atoms with E-state index in [1.54, 1.807) is 0 Å². The highest BCUT2D eigenvalue weighted by Crippen LogP contribution is 2.32. The van der Waals surface area contributed by atoms with E-state index >= 15 is 0 Å². The standard InChI is InChI=1S/C19H32N2/c1-5-16(4)13-21-14-18(17-11-9-8-10-12-17)20-15-19(21,6-2)7-3/h8-12,16,18,20H,5-7,13-15H2,1-4H3. The van der Waals surface area contributed by atoms with E-state index < -0.39 is 0 Å². The van der Waals surface area contributed by atoms with Crippen molar-refractivity contribution in [1.29, 1.82) is 0 Å². The maximum Gasteiger partial charge on any atom is 0.0450 e. The molecule has 0 saturated carbocycles. The van der Waals surface area contributed by atoms with E-state index in [2.05, 4.69) is 68.2 Å². The van der Waals surface area contributed by atoms with Crippen LogP contribution in [-0.4, -0.2) is 30.1 Å². The maximum absolute atomic E-state index is 3.81. The number of hydrogen-bond acceptors (Lipinski definition) is 2. The quantitative estimate of drug-likeness (QED) is 0.842. The first kappa shape index (κ1) is 16.5. The van der Waals surface area contributed by atoms with Crippen molar-refractivity contribution in [3.05, 3.63) is 35.9 Å². The van der Waals surface area contributed by atoms with Gasteiger partial charge in [-0.2, -0.15) is 0 Å². The number of nitrogens with zero attached hydrogens (tertiary/aromatic N) is 1. The van der Waals surface area contributed by atoms with Crippen LogP contribution >= 0.6 is 0 Å². The van der Waals surface area contributed by atoms with Crippen molar-refractivity contribution in [2.24, 2.45) is 5.92 Å². The van der Waals surface area contributed by atoms with Crippen molar-refractivity contribution in [2.75, 3.05) is 19.6 Å². The van der Waals surface area contributed by atoms with Crippen molar-refractivity contribution < 1.29 is 0 Å². The monoisotopic (exact) mass is 288 g/mol. The molecule has 1 N–H and O–H groups in total. The molecule has 1 aliphatic rings. The summed E-state index contributed by atoms with van der Waals surface area (Å²) in [5, 5.41) is 3.81. The van der Waals surface area contributed by atoms with Crippen LogP contribution in [0.1, 0.15) is 58.6 Å². The van der Waals surface area contributed by atoms with E-state index in [1.165, 1.54) is 31.4 Å². The predicted octanol–water partition coefficient (Wildman–Crippen LogP) is 4.24. The molecule has 21 heavy (non-hydrogen) atoms. The molecule has 1 heterocycles. The third kappa shape index (κ3) is 3.67. The summed E-state index contributed by atoms with van der Waals surface area (Å²) in [5.74, 6) is 0.775. The van der Waals surface area contributed by atoms with Crippen LogP contribution in [0.5, 0.6) is 0 Å². The molecule has 2 heteroatoms. The Kier molecular flexibility index (Phi) is 5.83. The average molecular weight is 288 g/mol. The first-order valence-corrected chi connectivity index (χ1v) is 8.68. The molecular weight excluding hydrogens is 256 g/mol. The van der Waals surface area contributed by atoms with Crippen LogP contribution in [0.15, 0.2) is 30.3 Å². The largest absolute Gasteiger partial charge is 0.307 e. The van der Waals surface area contributed by atoms with Crippen LogP contribution < -0.4 is 5.32 Å². The van der Waals surface area contributed by atoms with Crippen molar-refractivity contribution in [2.45, 2.75) is 58.5 Å². The molecule has 2 nitrogen and oxygen atoms in total. The minimum atomic E-state index is 0.342. The predicted molar refractivity (Wildman–Crippen MR) is 91.5 cm³/mol. The highest BCUT2D eigenvalue weighted by atomic mass is 15.3. The van der Waals surface area contributed by atoms with Crippen LogP contribution in [0.4, 0.5) is 0 Å². The number of piperazine rings is 1. The lowest BCUT2D eigenvalue weighted by Gasteiger charge is -2.50. The van der Waals surface area contributed by atoms with Gasteiger partial charge in [-0.3, -0.25) is 4.90 Å². The van der Waals surface area contributed by atoms with Gasteiger partial charge >= 0.3 is 0 Å². The van der Waals surface area contributed by atoms with Crippen molar-refractivity contribution >= 4 is 0 Å². The Balaban J connectivity index is 2.16. The number of hydrogen-bond donors (Lipinski definition) is 1. The molecule has 1 aromatic carbocycles. The lowest BCUT2D eigenvalue weighted by atomic mass is 9.85. The summed E-state index contributed by atoms with van der Waals surface area (Å²) in [6.45, 7) is 12.8. The fourth-order valence-electron chi connectivity index (χ4n) is 3.53. The van der Waals surface area contributed by atoms with Gasteiger partial charge in [-0.15, -0.1) is 0 Å². The van der Waals surface area contributed by atoms with Crippen LogP contribution in [0.3, 0.4) is 0 Å². The van der Waals surface area contributed by atoms with Gasteiger partial charge in [0.05, 0.1) is 0 Å². The second-order valence-corrected chi connectivity index (χ2v) is 6.69. The summed E-state index contributed by atoms with van der Waals surface area (Å²) in [5.41, 5.74) is 1.77. The second-order valence-electron chi connectivity index (χ2n) is 6.69. The Labute approximate surface area is 130 Å². The van der Waals surface area contributed by atoms with Crippen LogP contribution in [0, 0.1) is 5.92 Å². The summed E-state index contributed by atoms with van der Waals surface area (Å²) >= 11 is 0. The molecule has 0 aromatic heterocycles. The van der Waals surface area contributed by atoms with Gasteiger partial charge in [0.1, 0.15) is 0 Å². The molecule has 1 saturated heterocycles. The van der Waals surface area contributed by atoms with Gasteiger partial charge < -0.3 is 5.32 Å². The fourth-order valence-corrected chi connectivity index (χ4v) is 3.53. The smallest absolute Gasteiger partial charge is 0.0450 e. The molecule has 1 aromatic rings. The molecule has 0 radical (unpaired) electrons. The highest BCUT2D eigenvalue weighted by Gasteiger charge is 2.39. The molecule has 2 atom stereocenters. The van der Waals surface area contributed by atoms with Gasteiger partial charge in [0, 0.05) is 31.2 Å². The molecule has 1 fully saturated rings. The van der Waals surface area contributed by atoms with Crippen molar-refractivity contribution in [3.8, 4) is 0 Å². The van der Waals surface area contributed by atoms with Gasteiger partial charge in [0.15, 0.2) is 0 Å². The summed E-state index contributed by atoms with van der Waals surface area (Å²) in [6.07, 6.45) is 3.73. The Bertz CT molecular complexity index is 411. The molecule has 0 spiro atoms. The lowest BCUT2D eigenvalue weighted by molar-refractivity contribution is 0.0197. The first-order valence-electron chi connectivity index (χ1n) is 8.68. The van der Waals surface area contributed by atoms with Gasteiger partial charge in [-0.05, 0) is 24.3 Å². The fraction of sp³-hybridized carbons (Fsp3) is 0.684. The third-order valence-corrected chi connectivity index (χ3v) is 5.50. The molecule has 2 rings (SSSR count). The Morgan fingerprint density at radius 3 is 2.43 bits per heavy atom. The summed E-state index contributed by atoms with van der Waals surface area (Å²) in [7, 11) is 0. The zero-order valence-corrected chi connectivity index (χ0v) is 14.2. The molecule has 0 aliphatic carbocycles. The highest BCUT2D eigenvalue weighted by molar-refractivity contribution is 5.20. The molecule has 0 amide bonds. The number of rotatable bonds is 6. The van der Waals surface area contributed by atoms with E-state index in [0.717, 1.165) is 19.0 Å².